The molecule has 3 heterocycles. The fourth-order valence-corrected chi connectivity index (χ4v) is 6.27. The number of morpholine rings is 1. The molecule has 0 bridgehead atoms. The minimum atomic E-state index is -0.665. The van der Waals surface area contributed by atoms with Crippen LogP contribution in [0, 0.1) is 10.8 Å². The Morgan fingerprint density at radius 3 is 2.37 bits per heavy atom. The van der Waals surface area contributed by atoms with Gasteiger partial charge in [-0.15, -0.1) is 11.3 Å². The summed E-state index contributed by atoms with van der Waals surface area (Å²) in [5.74, 6) is 0.534. The zero-order valence-electron chi connectivity index (χ0n) is 23.9. The Bertz CT molecular complexity index is 1140. The van der Waals surface area contributed by atoms with Crippen molar-refractivity contribution in [3.63, 3.8) is 0 Å². The summed E-state index contributed by atoms with van der Waals surface area (Å²) in [6, 6.07) is 1.88. The molecule has 0 N–H and O–H groups in total. The number of hydrogen-bond donors (Lipinski definition) is 0. The molecule has 9 nitrogen and oxygen atoms in total. The van der Waals surface area contributed by atoms with Crippen molar-refractivity contribution in [3.8, 4) is 0 Å². The van der Waals surface area contributed by atoms with Crippen LogP contribution in [-0.4, -0.2) is 67.1 Å². The summed E-state index contributed by atoms with van der Waals surface area (Å²) in [6.07, 6.45) is 0.553. The van der Waals surface area contributed by atoms with Gasteiger partial charge in [0, 0.05) is 19.6 Å². The van der Waals surface area contributed by atoms with E-state index in [2.05, 4.69) is 42.6 Å². The molecule has 0 saturated carbocycles. The Morgan fingerprint density at radius 1 is 1.11 bits per heavy atom. The fraction of sp³-hybridized carbons (Fsp3) is 0.704. The molecule has 1 aliphatic heterocycles. The molecule has 11 heteroatoms. The van der Waals surface area contributed by atoms with Gasteiger partial charge in [0.05, 0.1) is 36.5 Å². The van der Waals surface area contributed by atoms with Crippen molar-refractivity contribution in [2.45, 2.75) is 73.8 Å². The highest BCUT2D eigenvalue weighted by molar-refractivity contribution is 7.23. The molecule has 1 amide bonds. The normalized spacial score (nSPS) is 15.0. The Kier molecular flexibility index (Phi) is 9.53. The highest BCUT2D eigenvalue weighted by atomic mass is 35.5. The van der Waals surface area contributed by atoms with Crippen LogP contribution >= 0.6 is 22.9 Å². The van der Waals surface area contributed by atoms with E-state index in [1.165, 1.54) is 11.3 Å². The molecule has 38 heavy (non-hydrogen) atoms. The van der Waals surface area contributed by atoms with Crippen LogP contribution in [-0.2, 0) is 19.0 Å². The molecular formula is C27H41ClN4O5S. The van der Waals surface area contributed by atoms with Crippen LogP contribution < -0.4 is 9.80 Å². The smallest absolute Gasteiger partial charge is 0.415 e. The molecule has 0 aromatic carbocycles. The first-order chi connectivity index (χ1) is 17.6. The van der Waals surface area contributed by atoms with E-state index >= 15 is 0 Å². The SMILES string of the molecule is CCOC(=O)CC(C)(C)CC(C)(C)CN(C(=O)OC(C)(C)C)c1cc2nc(Cl)nc(N3CCOCC3)c2s1. The van der Waals surface area contributed by atoms with Crippen molar-refractivity contribution in [2.75, 3.05) is 49.3 Å². The van der Waals surface area contributed by atoms with Crippen LogP contribution in [0.2, 0.25) is 5.28 Å². The molecule has 1 aliphatic rings. The predicted molar refractivity (Wildman–Crippen MR) is 152 cm³/mol. The maximum absolute atomic E-state index is 13.5. The van der Waals surface area contributed by atoms with Crippen molar-refractivity contribution >= 4 is 56.0 Å². The van der Waals surface area contributed by atoms with Gasteiger partial charge in [0.1, 0.15) is 10.6 Å². The Morgan fingerprint density at radius 2 is 1.76 bits per heavy atom. The van der Waals surface area contributed by atoms with Gasteiger partial charge in [0.15, 0.2) is 5.82 Å². The van der Waals surface area contributed by atoms with Gasteiger partial charge in [-0.05, 0) is 62.6 Å². The van der Waals surface area contributed by atoms with Gasteiger partial charge in [-0.2, -0.15) is 4.98 Å². The molecule has 0 spiro atoms. The minimum Gasteiger partial charge on any atom is -0.466 e. The molecule has 0 aliphatic carbocycles. The summed E-state index contributed by atoms with van der Waals surface area (Å²) in [6.45, 7) is 19.0. The van der Waals surface area contributed by atoms with E-state index in [1.807, 2.05) is 26.8 Å². The van der Waals surface area contributed by atoms with Gasteiger partial charge in [0.25, 0.3) is 0 Å². The second kappa shape index (κ2) is 11.9. The maximum Gasteiger partial charge on any atom is 0.415 e. The summed E-state index contributed by atoms with van der Waals surface area (Å²) in [5, 5.41) is 0.866. The number of hydrogen-bond acceptors (Lipinski definition) is 9. The van der Waals surface area contributed by atoms with Crippen LogP contribution in [0.5, 0.6) is 0 Å². The monoisotopic (exact) mass is 568 g/mol. The van der Waals surface area contributed by atoms with E-state index in [9.17, 15) is 9.59 Å². The fourth-order valence-electron chi connectivity index (χ4n) is 4.99. The molecule has 3 rings (SSSR count). The number of aromatic nitrogens is 2. The molecule has 1 fully saturated rings. The Labute approximate surface area is 234 Å². The van der Waals surface area contributed by atoms with Gasteiger partial charge in [0.2, 0.25) is 5.28 Å². The quantitative estimate of drug-likeness (QED) is 0.256. The first-order valence-electron chi connectivity index (χ1n) is 13.1. The number of carbonyl (C=O) groups is 2. The predicted octanol–water partition coefficient (Wildman–Crippen LogP) is 6.32. The first-order valence-corrected chi connectivity index (χ1v) is 14.2. The van der Waals surface area contributed by atoms with Crippen LogP contribution in [0.1, 0.15) is 68.2 Å². The van der Waals surface area contributed by atoms with Crippen molar-refractivity contribution in [3.05, 3.63) is 11.3 Å². The third kappa shape index (κ3) is 8.41. The third-order valence-corrected chi connectivity index (χ3v) is 7.29. The Hall–Kier alpha value is -2.17. The van der Waals surface area contributed by atoms with E-state index in [-0.39, 0.29) is 22.1 Å². The van der Waals surface area contributed by atoms with Gasteiger partial charge in [-0.1, -0.05) is 27.7 Å². The van der Waals surface area contributed by atoms with Gasteiger partial charge in [-0.3, -0.25) is 9.69 Å². The number of nitrogens with zero attached hydrogens (tertiary/aromatic N) is 4. The van der Waals surface area contributed by atoms with Crippen molar-refractivity contribution in [1.29, 1.82) is 0 Å². The zero-order valence-corrected chi connectivity index (χ0v) is 25.4. The lowest BCUT2D eigenvalue weighted by atomic mass is 9.73. The lowest BCUT2D eigenvalue weighted by Gasteiger charge is -2.38. The summed E-state index contributed by atoms with van der Waals surface area (Å²) < 4.78 is 17.4. The second-order valence-corrected chi connectivity index (χ2v) is 13.6. The maximum atomic E-state index is 13.5. The van der Waals surface area contributed by atoms with Crippen LogP contribution in [0.25, 0.3) is 10.2 Å². The van der Waals surface area contributed by atoms with Crippen LogP contribution in [0.3, 0.4) is 0 Å². The molecular weight excluding hydrogens is 528 g/mol. The van der Waals surface area contributed by atoms with Gasteiger partial charge < -0.3 is 19.1 Å². The number of thiophene rings is 1. The third-order valence-electron chi connectivity index (χ3n) is 5.98. The number of esters is 1. The summed E-state index contributed by atoms with van der Waals surface area (Å²) in [4.78, 5) is 38.5. The number of fused-ring (bicyclic) bond motifs is 1. The topological polar surface area (TPSA) is 94.1 Å². The average Bonchev–Trinajstić information content (AvgIpc) is 3.18. The van der Waals surface area contributed by atoms with E-state index in [4.69, 9.17) is 25.8 Å². The molecule has 212 valence electrons. The zero-order chi connectivity index (χ0) is 28.3. The van der Waals surface area contributed by atoms with Crippen LogP contribution in [0.4, 0.5) is 15.6 Å². The molecule has 0 atom stereocenters. The second-order valence-electron chi connectivity index (χ2n) is 12.3. The first kappa shape index (κ1) is 30.4. The molecule has 0 unspecified atom stereocenters. The standard InChI is InChI=1S/C27H41ClN4O5S/c1-9-36-20(33)15-26(5,6)16-27(7,8)17-32(24(34)37-25(2,3)4)19-14-18-21(38-19)22(30-23(28)29-18)31-10-12-35-13-11-31/h14H,9-13,15-17H2,1-8H3. The average molecular weight is 569 g/mol. The molecule has 2 aromatic rings. The number of anilines is 2. The molecule has 2 aromatic heterocycles. The van der Waals surface area contributed by atoms with Crippen LogP contribution in [0.15, 0.2) is 6.07 Å². The minimum absolute atomic E-state index is 0.160. The highest BCUT2D eigenvalue weighted by Gasteiger charge is 2.36. The van der Waals surface area contributed by atoms with Crippen molar-refractivity contribution in [2.24, 2.45) is 10.8 Å². The number of amides is 1. The number of ether oxygens (including phenoxy) is 3. The lowest BCUT2D eigenvalue weighted by Crippen LogP contribution is -2.43. The largest absolute Gasteiger partial charge is 0.466 e. The van der Waals surface area contributed by atoms with Gasteiger partial charge in [-0.25, -0.2) is 9.78 Å². The molecule has 0 radical (unpaired) electrons. The van der Waals surface area contributed by atoms with E-state index in [0.717, 1.165) is 10.5 Å². The summed E-state index contributed by atoms with van der Waals surface area (Å²) in [5.41, 5.74) is -0.653. The van der Waals surface area contributed by atoms with Crippen molar-refractivity contribution < 1.29 is 23.8 Å². The van der Waals surface area contributed by atoms with Crippen molar-refractivity contribution in [1.82, 2.24) is 9.97 Å². The Balaban J connectivity index is 1.96. The van der Waals surface area contributed by atoms with E-state index in [0.29, 0.717) is 62.8 Å². The lowest BCUT2D eigenvalue weighted by molar-refractivity contribution is -0.145. The summed E-state index contributed by atoms with van der Waals surface area (Å²) in [7, 11) is 0. The number of rotatable bonds is 9. The number of carbonyl (C=O) groups excluding carboxylic acids is 2. The molecule has 1 saturated heterocycles. The van der Waals surface area contributed by atoms with Gasteiger partial charge >= 0.3 is 12.1 Å². The number of halogens is 1. The van der Waals surface area contributed by atoms with E-state index in [1.54, 1.807) is 11.8 Å². The highest BCUT2D eigenvalue weighted by Crippen LogP contribution is 2.42. The summed E-state index contributed by atoms with van der Waals surface area (Å²) >= 11 is 7.76. The van der Waals surface area contributed by atoms with E-state index < -0.39 is 11.7 Å².